The molecule has 23 heavy (non-hydrogen) atoms. The Hall–Kier alpha value is -2.85. The molecule has 0 saturated heterocycles. The zero-order valence-electron chi connectivity index (χ0n) is 11.9. The molecule has 0 unspecified atom stereocenters. The van der Waals surface area contributed by atoms with E-state index in [0.717, 1.165) is 5.56 Å². The second-order valence-electron chi connectivity index (χ2n) is 5.28. The number of benzene rings is 2. The Balaban J connectivity index is 1.92. The summed E-state index contributed by atoms with van der Waals surface area (Å²) in [6.07, 6.45) is 0. The summed E-state index contributed by atoms with van der Waals surface area (Å²) in [5.41, 5.74) is 3.30. The maximum atomic E-state index is 12.4. The topological polar surface area (TPSA) is 58.2 Å². The van der Waals surface area contributed by atoms with Crippen LogP contribution in [0.4, 0.5) is 0 Å². The Morgan fingerprint density at radius 1 is 0.696 bits per heavy atom. The highest BCUT2D eigenvalue weighted by Crippen LogP contribution is 2.37. The molecule has 0 bridgehead atoms. The Morgan fingerprint density at radius 3 is 1.87 bits per heavy atom. The van der Waals surface area contributed by atoms with E-state index in [4.69, 9.17) is 11.6 Å². The summed E-state index contributed by atoms with van der Waals surface area (Å²) in [4.78, 5) is 24.8. The maximum Gasteiger partial charge on any atom is 0.258 e. The van der Waals surface area contributed by atoms with E-state index in [1.807, 2.05) is 36.4 Å². The van der Waals surface area contributed by atoms with Crippen molar-refractivity contribution in [3.8, 4) is 0 Å². The van der Waals surface area contributed by atoms with Crippen LogP contribution in [-0.4, -0.2) is 11.8 Å². The monoisotopic (exact) mass is 322 g/mol. The highest BCUT2D eigenvalue weighted by molar-refractivity contribution is 6.32. The summed E-state index contributed by atoms with van der Waals surface area (Å²) >= 11 is 6.02. The Bertz CT molecular complexity index is 914. The van der Waals surface area contributed by atoms with E-state index >= 15 is 0 Å². The largest absolute Gasteiger partial charge is 0.321 e. The molecule has 2 amide bonds. The quantitative estimate of drug-likeness (QED) is 0.893. The summed E-state index contributed by atoms with van der Waals surface area (Å²) in [6.45, 7) is 0. The van der Waals surface area contributed by atoms with Gasteiger partial charge in [-0.3, -0.25) is 9.59 Å². The van der Waals surface area contributed by atoms with Crippen molar-refractivity contribution in [3.63, 3.8) is 0 Å². The summed E-state index contributed by atoms with van der Waals surface area (Å²) in [5, 5.41) is 6.14. The van der Waals surface area contributed by atoms with Crippen LogP contribution in [0, 0.1) is 0 Å². The van der Waals surface area contributed by atoms with E-state index in [1.54, 1.807) is 18.2 Å². The average molecular weight is 323 g/mol. The van der Waals surface area contributed by atoms with E-state index in [1.165, 1.54) is 0 Å². The SMILES string of the molecule is O=C1NC(c2cccc(Cl)c2)=C2C(=O)NC(c3ccccc3)=C12. The first-order valence-electron chi connectivity index (χ1n) is 7.08. The number of halogens is 1. The molecule has 0 saturated carbocycles. The molecule has 2 heterocycles. The van der Waals surface area contributed by atoms with Crippen molar-refractivity contribution in [1.82, 2.24) is 10.6 Å². The van der Waals surface area contributed by atoms with E-state index in [9.17, 15) is 9.59 Å². The van der Waals surface area contributed by atoms with Gasteiger partial charge in [0.15, 0.2) is 0 Å². The van der Waals surface area contributed by atoms with Crippen molar-refractivity contribution in [3.05, 3.63) is 81.9 Å². The van der Waals surface area contributed by atoms with Crippen molar-refractivity contribution in [2.75, 3.05) is 0 Å². The normalized spacial score (nSPS) is 16.6. The first-order valence-corrected chi connectivity index (χ1v) is 7.46. The number of hydrogen-bond donors (Lipinski definition) is 2. The second-order valence-corrected chi connectivity index (χ2v) is 5.72. The summed E-state index contributed by atoms with van der Waals surface area (Å²) in [7, 11) is 0. The van der Waals surface area contributed by atoms with Crippen LogP contribution in [0.15, 0.2) is 65.7 Å². The predicted octanol–water partition coefficient (Wildman–Crippen LogP) is 2.72. The lowest BCUT2D eigenvalue weighted by molar-refractivity contribution is -0.117. The highest BCUT2D eigenvalue weighted by Gasteiger charge is 2.40. The molecule has 0 aliphatic carbocycles. The number of fused-ring (bicyclic) bond motifs is 1. The lowest BCUT2D eigenvalue weighted by atomic mass is 10.0. The van der Waals surface area contributed by atoms with Gasteiger partial charge in [-0.25, -0.2) is 0 Å². The lowest BCUT2D eigenvalue weighted by Crippen LogP contribution is -2.21. The van der Waals surface area contributed by atoms with Crippen molar-refractivity contribution in [1.29, 1.82) is 0 Å². The van der Waals surface area contributed by atoms with Crippen LogP contribution < -0.4 is 10.6 Å². The van der Waals surface area contributed by atoms with Gasteiger partial charge < -0.3 is 10.6 Å². The molecule has 0 aromatic heterocycles. The number of rotatable bonds is 2. The van der Waals surface area contributed by atoms with E-state index in [0.29, 0.717) is 33.1 Å². The minimum absolute atomic E-state index is 0.285. The molecule has 2 aromatic carbocycles. The Labute approximate surface area is 137 Å². The van der Waals surface area contributed by atoms with Gasteiger partial charge >= 0.3 is 0 Å². The fourth-order valence-corrected chi connectivity index (χ4v) is 3.05. The highest BCUT2D eigenvalue weighted by atomic mass is 35.5. The van der Waals surface area contributed by atoms with Gasteiger partial charge in [0.05, 0.1) is 22.5 Å². The molecule has 112 valence electrons. The molecule has 2 aliphatic rings. The summed E-state index contributed by atoms with van der Waals surface area (Å²) in [5.74, 6) is -0.570. The van der Waals surface area contributed by atoms with Crippen LogP contribution >= 0.6 is 11.6 Å². The minimum atomic E-state index is -0.285. The molecular formula is C18H11ClN2O2. The summed E-state index contributed by atoms with van der Waals surface area (Å²) < 4.78 is 0. The van der Waals surface area contributed by atoms with Gasteiger partial charge in [0.25, 0.3) is 11.8 Å². The van der Waals surface area contributed by atoms with E-state index < -0.39 is 0 Å². The van der Waals surface area contributed by atoms with Gasteiger partial charge in [-0.1, -0.05) is 54.1 Å². The fourth-order valence-electron chi connectivity index (χ4n) is 2.86. The van der Waals surface area contributed by atoms with Crippen LogP contribution in [0.2, 0.25) is 5.02 Å². The molecule has 2 aromatic rings. The van der Waals surface area contributed by atoms with E-state index in [-0.39, 0.29) is 11.8 Å². The molecule has 2 N–H and O–H groups in total. The molecule has 2 aliphatic heterocycles. The molecule has 0 atom stereocenters. The zero-order valence-corrected chi connectivity index (χ0v) is 12.6. The van der Waals surface area contributed by atoms with Crippen LogP contribution in [0.1, 0.15) is 11.1 Å². The Kier molecular flexibility index (Phi) is 3.06. The van der Waals surface area contributed by atoms with Crippen LogP contribution in [0.5, 0.6) is 0 Å². The maximum absolute atomic E-state index is 12.4. The van der Waals surface area contributed by atoms with Crippen molar-refractivity contribution in [2.24, 2.45) is 0 Å². The molecular weight excluding hydrogens is 312 g/mol. The smallest absolute Gasteiger partial charge is 0.258 e. The van der Waals surface area contributed by atoms with Gasteiger partial charge in [-0.15, -0.1) is 0 Å². The second kappa shape index (κ2) is 5.11. The fraction of sp³-hybridized carbons (Fsp3) is 0. The lowest BCUT2D eigenvalue weighted by Gasteiger charge is -2.07. The van der Waals surface area contributed by atoms with Crippen molar-refractivity contribution < 1.29 is 9.59 Å². The van der Waals surface area contributed by atoms with Crippen molar-refractivity contribution >= 4 is 34.8 Å². The third-order valence-corrected chi connectivity index (χ3v) is 4.09. The number of hydrogen-bond acceptors (Lipinski definition) is 2. The predicted molar refractivity (Wildman–Crippen MR) is 88.0 cm³/mol. The van der Waals surface area contributed by atoms with Gasteiger partial charge in [-0.05, 0) is 17.7 Å². The molecule has 0 radical (unpaired) electrons. The first kappa shape index (κ1) is 13.8. The molecule has 4 rings (SSSR count). The first-order chi connectivity index (χ1) is 11.1. The number of carbonyl (C=O) groups excluding carboxylic acids is 2. The number of nitrogens with one attached hydrogen (secondary N) is 2. The van der Waals surface area contributed by atoms with Gasteiger partial charge in [-0.2, -0.15) is 0 Å². The van der Waals surface area contributed by atoms with Gasteiger partial charge in [0.2, 0.25) is 0 Å². The molecule has 0 fully saturated rings. The minimum Gasteiger partial charge on any atom is -0.321 e. The third kappa shape index (κ3) is 2.15. The van der Waals surface area contributed by atoms with Crippen molar-refractivity contribution in [2.45, 2.75) is 0 Å². The van der Waals surface area contributed by atoms with Gasteiger partial charge in [0, 0.05) is 10.6 Å². The standard InChI is InChI=1S/C18H11ClN2O2/c19-12-8-4-7-11(9-12)16-14-13(17(22)21-16)15(20-18(14)23)10-5-2-1-3-6-10/h1-9H,(H,20,23)(H,21,22). The third-order valence-electron chi connectivity index (χ3n) is 3.86. The number of amides is 2. The van der Waals surface area contributed by atoms with Crippen LogP contribution in [-0.2, 0) is 9.59 Å². The average Bonchev–Trinajstić information content (AvgIpc) is 3.08. The van der Waals surface area contributed by atoms with Crippen LogP contribution in [0.25, 0.3) is 11.4 Å². The van der Waals surface area contributed by atoms with Crippen LogP contribution in [0.3, 0.4) is 0 Å². The van der Waals surface area contributed by atoms with Gasteiger partial charge in [0.1, 0.15) is 0 Å². The molecule has 4 nitrogen and oxygen atoms in total. The zero-order chi connectivity index (χ0) is 16.0. The molecule has 5 heteroatoms. The van der Waals surface area contributed by atoms with E-state index in [2.05, 4.69) is 10.6 Å². The number of carbonyl (C=O) groups is 2. The summed E-state index contributed by atoms with van der Waals surface area (Å²) in [6, 6.07) is 16.4. The molecule has 0 spiro atoms. The Morgan fingerprint density at radius 2 is 1.26 bits per heavy atom.